The monoisotopic (exact) mass is 358 g/mol. The van der Waals surface area contributed by atoms with Crippen LogP contribution in [0.25, 0.3) is 0 Å². The van der Waals surface area contributed by atoms with Gasteiger partial charge in [-0.15, -0.1) is 0 Å². The molecule has 0 unspecified atom stereocenters. The van der Waals surface area contributed by atoms with E-state index in [2.05, 4.69) is 20.7 Å². The fourth-order valence-corrected chi connectivity index (χ4v) is 3.51. The molecular weight excluding hydrogens is 347 g/mol. The highest BCUT2D eigenvalue weighted by atomic mass is 79.9. The van der Waals surface area contributed by atoms with Gasteiger partial charge in [0.05, 0.1) is 10.6 Å². The quantitative estimate of drug-likeness (QED) is 0.827. The van der Waals surface area contributed by atoms with E-state index in [-0.39, 0.29) is 10.6 Å². The number of rotatable bonds is 3. The zero-order chi connectivity index (χ0) is 14.9. The molecule has 3 N–H and O–H groups in total. The molecule has 0 aromatic heterocycles. The maximum atomic E-state index is 13.2. The Labute approximate surface area is 125 Å². The molecule has 2 aromatic rings. The molecule has 4 nitrogen and oxygen atoms in total. The van der Waals surface area contributed by atoms with Gasteiger partial charge in [-0.2, -0.15) is 0 Å². The van der Waals surface area contributed by atoms with E-state index in [9.17, 15) is 12.8 Å². The molecule has 0 amide bonds. The van der Waals surface area contributed by atoms with E-state index in [1.807, 2.05) is 0 Å². The SMILES string of the molecule is Cc1ccc(N)cc1S(=O)(=O)Nc1cc(F)ccc1Br. The van der Waals surface area contributed by atoms with Crippen LogP contribution in [-0.4, -0.2) is 8.42 Å². The highest BCUT2D eigenvalue weighted by molar-refractivity contribution is 9.10. The topological polar surface area (TPSA) is 72.2 Å². The summed E-state index contributed by atoms with van der Waals surface area (Å²) in [6, 6.07) is 8.36. The van der Waals surface area contributed by atoms with Crippen LogP contribution in [0.3, 0.4) is 0 Å². The summed E-state index contributed by atoms with van der Waals surface area (Å²) in [5, 5.41) is 0. The molecule has 2 rings (SSSR count). The first-order valence-corrected chi connectivity index (χ1v) is 7.91. The van der Waals surface area contributed by atoms with Gasteiger partial charge in [-0.1, -0.05) is 6.07 Å². The summed E-state index contributed by atoms with van der Waals surface area (Å²) in [4.78, 5) is 0.0636. The zero-order valence-electron chi connectivity index (χ0n) is 10.5. The summed E-state index contributed by atoms with van der Waals surface area (Å²) < 4.78 is 40.6. The normalized spacial score (nSPS) is 11.3. The fourth-order valence-electron chi connectivity index (χ4n) is 1.68. The summed E-state index contributed by atoms with van der Waals surface area (Å²) in [7, 11) is -3.83. The largest absolute Gasteiger partial charge is 0.399 e. The molecule has 106 valence electrons. The van der Waals surface area contributed by atoms with Crippen molar-refractivity contribution >= 4 is 37.3 Å². The standard InChI is InChI=1S/C13H12BrFN2O2S/c1-8-2-4-10(16)7-13(8)20(18,19)17-12-6-9(15)3-5-11(12)14/h2-7,17H,16H2,1H3. The lowest BCUT2D eigenvalue weighted by Crippen LogP contribution is -2.15. The Morgan fingerprint density at radius 1 is 1.20 bits per heavy atom. The Kier molecular flexibility index (Phi) is 4.01. The van der Waals surface area contributed by atoms with Gasteiger partial charge in [0.15, 0.2) is 0 Å². The van der Waals surface area contributed by atoms with Crippen LogP contribution in [0.1, 0.15) is 5.56 Å². The summed E-state index contributed by atoms with van der Waals surface area (Å²) in [5.74, 6) is -0.532. The maximum absolute atomic E-state index is 13.2. The van der Waals surface area contributed by atoms with Crippen molar-refractivity contribution < 1.29 is 12.8 Å². The number of anilines is 2. The van der Waals surface area contributed by atoms with Gasteiger partial charge in [-0.3, -0.25) is 4.72 Å². The van der Waals surface area contributed by atoms with E-state index in [1.165, 1.54) is 18.2 Å². The first-order valence-electron chi connectivity index (χ1n) is 5.63. The number of hydrogen-bond donors (Lipinski definition) is 2. The van der Waals surface area contributed by atoms with Crippen LogP contribution in [0, 0.1) is 12.7 Å². The number of sulfonamides is 1. The van der Waals surface area contributed by atoms with E-state index in [1.54, 1.807) is 19.1 Å². The lowest BCUT2D eigenvalue weighted by Gasteiger charge is -2.12. The number of halogens is 2. The van der Waals surface area contributed by atoms with Crippen molar-refractivity contribution in [3.8, 4) is 0 Å². The lowest BCUT2D eigenvalue weighted by molar-refractivity contribution is 0.600. The average Bonchev–Trinajstić information content (AvgIpc) is 2.36. The number of aryl methyl sites for hydroxylation is 1. The van der Waals surface area contributed by atoms with Gasteiger partial charge in [0.25, 0.3) is 10.0 Å². The van der Waals surface area contributed by atoms with Crippen molar-refractivity contribution in [2.24, 2.45) is 0 Å². The van der Waals surface area contributed by atoms with Crippen LogP contribution in [0.15, 0.2) is 45.8 Å². The van der Waals surface area contributed by atoms with Gasteiger partial charge in [-0.05, 0) is 58.7 Å². The predicted octanol–water partition coefficient (Wildman–Crippen LogP) is 3.28. The predicted molar refractivity (Wildman–Crippen MR) is 80.5 cm³/mol. The van der Waals surface area contributed by atoms with Crippen LogP contribution in [0.4, 0.5) is 15.8 Å². The molecule has 0 aliphatic rings. The molecule has 0 fully saturated rings. The molecule has 0 saturated carbocycles. The highest BCUT2D eigenvalue weighted by Gasteiger charge is 2.18. The Balaban J connectivity index is 2.46. The van der Waals surface area contributed by atoms with Crippen molar-refractivity contribution in [2.75, 3.05) is 10.5 Å². The van der Waals surface area contributed by atoms with Crippen LogP contribution >= 0.6 is 15.9 Å². The number of nitrogens with one attached hydrogen (secondary N) is 1. The first-order chi connectivity index (χ1) is 9.29. The van der Waals surface area contributed by atoms with Crippen molar-refractivity contribution in [1.29, 1.82) is 0 Å². The summed E-state index contributed by atoms with van der Waals surface area (Å²) in [5.41, 5.74) is 6.64. The molecule has 20 heavy (non-hydrogen) atoms. The number of nitrogens with two attached hydrogens (primary N) is 1. The minimum Gasteiger partial charge on any atom is -0.399 e. The van der Waals surface area contributed by atoms with E-state index in [0.717, 1.165) is 6.07 Å². The third kappa shape index (κ3) is 3.10. The van der Waals surface area contributed by atoms with Crippen LogP contribution in [-0.2, 0) is 10.0 Å². The molecular formula is C13H12BrFN2O2S. The van der Waals surface area contributed by atoms with Crippen molar-refractivity contribution in [3.63, 3.8) is 0 Å². The van der Waals surface area contributed by atoms with Gasteiger partial charge < -0.3 is 5.73 Å². The van der Waals surface area contributed by atoms with Gasteiger partial charge in [-0.25, -0.2) is 12.8 Å². The lowest BCUT2D eigenvalue weighted by atomic mass is 10.2. The third-order valence-electron chi connectivity index (χ3n) is 2.67. The summed E-state index contributed by atoms with van der Waals surface area (Å²) in [6.07, 6.45) is 0. The van der Waals surface area contributed by atoms with E-state index in [4.69, 9.17) is 5.73 Å². The van der Waals surface area contributed by atoms with Gasteiger partial charge in [0, 0.05) is 10.2 Å². The average molecular weight is 359 g/mol. The molecule has 0 radical (unpaired) electrons. The molecule has 0 saturated heterocycles. The number of hydrogen-bond acceptors (Lipinski definition) is 3. The molecule has 2 aromatic carbocycles. The third-order valence-corrected chi connectivity index (χ3v) is 4.87. The van der Waals surface area contributed by atoms with Crippen LogP contribution < -0.4 is 10.5 Å². The smallest absolute Gasteiger partial charge is 0.262 e. The molecule has 7 heteroatoms. The zero-order valence-corrected chi connectivity index (χ0v) is 12.9. The van der Waals surface area contributed by atoms with E-state index in [0.29, 0.717) is 15.7 Å². The van der Waals surface area contributed by atoms with E-state index >= 15 is 0 Å². The molecule has 0 bridgehead atoms. The molecule has 0 aliphatic carbocycles. The highest BCUT2D eigenvalue weighted by Crippen LogP contribution is 2.27. The van der Waals surface area contributed by atoms with Crippen molar-refractivity contribution in [1.82, 2.24) is 0 Å². The second kappa shape index (κ2) is 5.41. The summed E-state index contributed by atoms with van der Waals surface area (Å²) in [6.45, 7) is 1.66. The van der Waals surface area contributed by atoms with E-state index < -0.39 is 15.8 Å². The second-order valence-corrected chi connectivity index (χ2v) is 6.76. The molecule has 0 heterocycles. The minimum absolute atomic E-state index is 0.0636. The second-order valence-electron chi connectivity index (χ2n) is 4.25. The van der Waals surface area contributed by atoms with Gasteiger partial charge in [0.1, 0.15) is 5.82 Å². The van der Waals surface area contributed by atoms with Gasteiger partial charge >= 0.3 is 0 Å². The Hall–Kier alpha value is -1.60. The maximum Gasteiger partial charge on any atom is 0.262 e. The van der Waals surface area contributed by atoms with Crippen LogP contribution in [0.5, 0.6) is 0 Å². The Morgan fingerprint density at radius 3 is 2.60 bits per heavy atom. The molecule has 0 aliphatic heterocycles. The number of nitrogen functional groups attached to an aromatic ring is 1. The summed E-state index contributed by atoms with van der Waals surface area (Å²) >= 11 is 3.17. The van der Waals surface area contributed by atoms with Crippen molar-refractivity contribution in [3.05, 3.63) is 52.3 Å². The van der Waals surface area contributed by atoms with Crippen molar-refractivity contribution in [2.45, 2.75) is 11.8 Å². The minimum atomic E-state index is -3.83. The first kappa shape index (κ1) is 14.8. The molecule has 0 spiro atoms. The van der Waals surface area contributed by atoms with Crippen LogP contribution in [0.2, 0.25) is 0 Å². The molecule has 0 atom stereocenters. The Morgan fingerprint density at radius 2 is 1.90 bits per heavy atom. The Bertz CT molecular complexity index is 763. The number of benzene rings is 2. The van der Waals surface area contributed by atoms with Gasteiger partial charge in [0.2, 0.25) is 0 Å². The fraction of sp³-hybridized carbons (Fsp3) is 0.0769.